The zero-order valence-corrected chi connectivity index (χ0v) is 14.1. The van der Waals surface area contributed by atoms with Crippen LogP contribution in [0.3, 0.4) is 0 Å². The first-order chi connectivity index (χ1) is 11.5. The third kappa shape index (κ3) is 3.79. The second-order valence-corrected chi connectivity index (χ2v) is 6.53. The third-order valence-electron chi connectivity index (χ3n) is 4.24. The van der Waals surface area contributed by atoms with Gasteiger partial charge in [0.05, 0.1) is 18.3 Å². The van der Waals surface area contributed by atoms with Crippen molar-refractivity contribution in [2.24, 2.45) is 0 Å². The van der Waals surface area contributed by atoms with E-state index >= 15 is 0 Å². The molecule has 130 valence electrons. The molecule has 0 aromatic heterocycles. The molecule has 2 heterocycles. The van der Waals surface area contributed by atoms with Crippen molar-refractivity contribution in [2.75, 3.05) is 38.1 Å². The molecule has 0 aliphatic carbocycles. The second kappa shape index (κ2) is 7.09. The van der Waals surface area contributed by atoms with Crippen LogP contribution in [0.15, 0.2) is 24.3 Å². The highest BCUT2D eigenvalue weighted by atomic mass is 16.5. The molecule has 3 amide bonds. The van der Waals surface area contributed by atoms with Crippen LogP contribution in [-0.4, -0.2) is 66.6 Å². The summed E-state index contributed by atoms with van der Waals surface area (Å²) in [4.78, 5) is 28.4. The maximum atomic E-state index is 12.3. The van der Waals surface area contributed by atoms with Crippen LogP contribution in [0, 0.1) is 0 Å². The maximum absolute atomic E-state index is 12.3. The van der Waals surface area contributed by atoms with Crippen molar-refractivity contribution < 1.29 is 14.3 Å². The fraction of sp³-hybridized carbons (Fsp3) is 0.529. The number of fused-ring (bicyclic) bond motifs is 2. The topological polar surface area (TPSA) is 73.9 Å². The van der Waals surface area contributed by atoms with E-state index < -0.39 is 0 Å². The van der Waals surface area contributed by atoms with Crippen LogP contribution >= 0.6 is 0 Å². The number of hydrogen-bond donors (Lipinski definition) is 2. The number of para-hydroxylation sites is 2. The van der Waals surface area contributed by atoms with Gasteiger partial charge in [0.1, 0.15) is 12.4 Å². The van der Waals surface area contributed by atoms with Crippen molar-refractivity contribution in [3.05, 3.63) is 24.3 Å². The summed E-state index contributed by atoms with van der Waals surface area (Å²) in [5.74, 6) is 0.606. The van der Waals surface area contributed by atoms with Crippen LogP contribution < -0.4 is 15.4 Å². The van der Waals surface area contributed by atoms with Gasteiger partial charge in [-0.05, 0) is 26.0 Å². The van der Waals surface area contributed by atoms with E-state index in [1.165, 1.54) is 0 Å². The zero-order valence-electron chi connectivity index (χ0n) is 14.1. The van der Waals surface area contributed by atoms with E-state index in [0.29, 0.717) is 44.2 Å². The van der Waals surface area contributed by atoms with Gasteiger partial charge in [-0.2, -0.15) is 0 Å². The van der Waals surface area contributed by atoms with Crippen molar-refractivity contribution >= 4 is 17.6 Å². The molecule has 1 atom stereocenters. The van der Waals surface area contributed by atoms with Crippen LogP contribution in [0.5, 0.6) is 5.75 Å². The van der Waals surface area contributed by atoms with Gasteiger partial charge in [0.25, 0.3) is 0 Å². The molecule has 7 heteroatoms. The van der Waals surface area contributed by atoms with Crippen LogP contribution in [-0.2, 0) is 4.79 Å². The molecule has 2 aliphatic heterocycles. The SMILES string of the molecule is CC(C)NC(=O)N1CCN2CC(=O)Nc3ccccc3OC[C@H]2C1. The van der Waals surface area contributed by atoms with Crippen LogP contribution in [0.4, 0.5) is 10.5 Å². The Morgan fingerprint density at radius 2 is 2.12 bits per heavy atom. The lowest BCUT2D eigenvalue weighted by Gasteiger charge is -2.40. The van der Waals surface area contributed by atoms with E-state index in [4.69, 9.17) is 4.74 Å². The van der Waals surface area contributed by atoms with E-state index in [0.717, 1.165) is 0 Å². The average molecular weight is 332 g/mol. The maximum Gasteiger partial charge on any atom is 0.317 e. The van der Waals surface area contributed by atoms with Crippen LogP contribution in [0.25, 0.3) is 0 Å². The highest BCUT2D eigenvalue weighted by Crippen LogP contribution is 2.26. The summed E-state index contributed by atoms with van der Waals surface area (Å²) in [7, 11) is 0. The van der Waals surface area contributed by atoms with E-state index in [-0.39, 0.29) is 24.0 Å². The highest BCUT2D eigenvalue weighted by molar-refractivity contribution is 5.93. The minimum atomic E-state index is -0.0608. The second-order valence-electron chi connectivity index (χ2n) is 6.53. The Balaban J connectivity index is 1.73. The van der Waals surface area contributed by atoms with Crippen molar-refractivity contribution in [2.45, 2.75) is 25.9 Å². The number of rotatable bonds is 1. The number of nitrogens with one attached hydrogen (secondary N) is 2. The van der Waals surface area contributed by atoms with Crippen LogP contribution in [0.1, 0.15) is 13.8 Å². The predicted molar refractivity (Wildman–Crippen MR) is 91.2 cm³/mol. The summed E-state index contributed by atoms with van der Waals surface area (Å²) >= 11 is 0. The Labute approximate surface area is 141 Å². The van der Waals surface area contributed by atoms with E-state index in [9.17, 15) is 9.59 Å². The molecule has 1 aromatic rings. The van der Waals surface area contributed by atoms with Crippen LogP contribution in [0.2, 0.25) is 0 Å². The number of carbonyl (C=O) groups excluding carboxylic acids is 2. The van der Waals surface area contributed by atoms with Gasteiger partial charge in [-0.1, -0.05) is 12.1 Å². The van der Waals surface area contributed by atoms with Gasteiger partial charge >= 0.3 is 6.03 Å². The van der Waals surface area contributed by atoms with Gasteiger partial charge in [0, 0.05) is 25.7 Å². The summed E-state index contributed by atoms with van der Waals surface area (Å²) in [6, 6.07) is 7.46. The molecule has 1 saturated heterocycles. The Kier molecular flexibility index (Phi) is 4.89. The largest absolute Gasteiger partial charge is 0.490 e. The molecular formula is C17H24N4O3. The predicted octanol–water partition coefficient (Wildman–Crippen LogP) is 1.12. The monoisotopic (exact) mass is 332 g/mol. The Hall–Kier alpha value is -2.28. The molecule has 2 N–H and O–H groups in total. The standard InChI is InChI=1S/C17H24N4O3/c1-12(2)18-17(23)21-8-7-20-10-16(22)19-14-5-3-4-6-15(14)24-11-13(20)9-21/h3-6,12-13H,7-11H2,1-2H3,(H,18,23)(H,19,22)/t13-/m1/s1. The third-order valence-corrected chi connectivity index (χ3v) is 4.24. The number of carbonyl (C=O) groups is 2. The fourth-order valence-corrected chi connectivity index (χ4v) is 3.04. The zero-order chi connectivity index (χ0) is 17.1. The smallest absolute Gasteiger partial charge is 0.317 e. The highest BCUT2D eigenvalue weighted by Gasteiger charge is 2.32. The van der Waals surface area contributed by atoms with Gasteiger partial charge < -0.3 is 20.3 Å². The quantitative estimate of drug-likeness (QED) is 0.808. The van der Waals surface area contributed by atoms with Crippen molar-refractivity contribution in [3.63, 3.8) is 0 Å². The Morgan fingerprint density at radius 3 is 2.92 bits per heavy atom. The number of amides is 3. The number of nitrogens with zero attached hydrogens (tertiary/aromatic N) is 2. The van der Waals surface area contributed by atoms with Gasteiger partial charge in [0.15, 0.2) is 0 Å². The lowest BCUT2D eigenvalue weighted by atomic mass is 10.1. The summed E-state index contributed by atoms with van der Waals surface area (Å²) in [6.45, 7) is 6.45. The minimum absolute atomic E-state index is 0.00596. The Morgan fingerprint density at radius 1 is 1.33 bits per heavy atom. The summed E-state index contributed by atoms with van der Waals surface area (Å²) in [5, 5.41) is 5.82. The van der Waals surface area contributed by atoms with Crippen molar-refractivity contribution in [3.8, 4) is 5.75 Å². The van der Waals surface area contributed by atoms with Gasteiger partial charge in [-0.3, -0.25) is 9.69 Å². The normalized spacial score (nSPS) is 21.5. The molecule has 7 nitrogen and oxygen atoms in total. The number of urea groups is 1. The minimum Gasteiger partial charge on any atom is -0.490 e. The fourth-order valence-electron chi connectivity index (χ4n) is 3.04. The summed E-state index contributed by atoms with van der Waals surface area (Å²) in [6.07, 6.45) is 0. The lowest BCUT2D eigenvalue weighted by Crippen LogP contribution is -2.59. The van der Waals surface area contributed by atoms with Crippen molar-refractivity contribution in [1.29, 1.82) is 0 Å². The number of benzene rings is 1. The molecular weight excluding hydrogens is 308 g/mol. The average Bonchev–Trinajstić information content (AvgIpc) is 2.60. The molecule has 0 unspecified atom stereocenters. The summed E-state index contributed by atoms with van der Waals surface area (Å²) < 4.78 is 5.92. The molecule has 0 spiro atoms. The number of piperazine rings is 1. The summed E-state index contributed by atoms with van der Waals surface area (Å²) in [5.41, 5.74) is 0.691. The number of hydrogen-bond acceptors (Lipinski definition) is 4. The molecule has 1 aromatic carbocycles. The van der Waals surface area contributed by atoms with Crippen molar-refractivity contribution in [1.82, 2.24) is 15.1 Å². The first-order valence-electron chi connectivity index (χ1n) is 8.34. The lowest BCUT2D eigenvalue weighted by molar-refractivity contribution is -0.118. The molecule has 24 heavy (non-hydrogen) atoms. The molecule has 3 rings (SSSR count). The van der Waals surface area contributed by atoms with E-state index in [1.807, 2.05) is 38.1 Å². The van der Waals surface area contributed by atoms with Gasteiger partial charge in [-0.15, -0.1) is 0 Å². The molecule has 0 radical (unpaired) electrons. The number of ether oxygens (including phenoxy) is 1. The number of anilines is 1. The van der Waals surface area contributed by atoms with Gasteiger partial charge in [-0.25, -0.2) is 4.79 Å². The first kappa shape index (κ1) is 16.6. The molecule has 0 saturated carbocycles. The Bertz CT molecular complexity index is 620. The molecule has 1 fully saturated rings. The first-order valence-corrected chi connectivity index (χ1v) is 8.34. The molecule has 2 aliphatic rings. The van der Waals surface area contributed by atoms with E-state index in [2.05, 4.69) is 15.5 Å². The van der Waals surface area contributed by atoms with Gasteiger partial charge in [0.2, 0.25) is 5.91 Å². The molecule has 0 bridgehead atoms. The van der Waals surface area contributed by atoms with E-state index in [1.54, 1.807) is 4.90 Å².